The van der Waals surface area contributed by atoms with Crippen molar-refractivity contribution < 1.29 is 14.7 Å². The van der Waals surface area contributed by atoms with Gasteiger partial charge in [-0.05, 0) is 43.4 Å². The Hall–Kier alpha value is -2.04. The van der Waals surface area contributed by atoms with Crippen LogP contribution in [0.25, 0.3) is 0 Å². The van der Waals surface area contributed by atoms with E-state index >= 15 is 0 Å². The minimum atomic E-state index is -0.980. The molecule has 114 valence electrons. The summed E-state index contributed by atoms with van der Waals surface area (Å²) < 4.78 is 0. The number of rotatable bonds is 7. The van der Waals surface area contributed by atoms with Crippen molar-refractivity contribution in [2.24, 2.45) is 0 Å². The molecule has 1 aliphatic carbocycles. The van der Waals surface area contributed by atoms with Crippen LogP contribution in [0.15, 0.2) is 24.3 Å². The van der Waals surface area contributed by atoms with E-state index in [4.69, 9.17) is 5.11 Å². The maximum absolute atomic E-state index is 12.1. The topological polar surface area (TPSA) is 69.6 Å². The molecule has 0 bridgehead atoms. The predicted octanol–water partition coefficient (Wildman–Crippen LogP) is 3.11. The number of carbonyl (C=O) groups excluding carboxylic acids is 1. The molecule has 0 aromatic heterocycles. The van der Waals surface area contributed by atoms with Gasteiger partial charge in [-0.1, -0.05) is 25.5 Å². The summed E-state index contributed by atoms with van der Waals surface area (Å²) in [6.45, 7) is 1.91. The Morgan fingerprint density at radius 1 is 1.29 bits per heavy atom. The van der Waals surface area contributed by atoms with Gasteiger partial charge in [-0.25, -0.2) is 4.79 Å². The number of benzene rings is 1. The van der Waals surface area contributed by atoms with Gasteiger partial charge in [0.1, 0.15) is 6.54 Å². The first kappa shape index (κ1) is 15.4. The van der Waals surface area contributed by atoms with Crippen LogP contribution in [-0.2, 0) is 11.2 Å². The summed E-state index contributed by atoms with van der Waals surface area (Å²) in [7, 11) is 0. The van der Waals surface area contributed by atoms with Crippen molar-refractivity contribution >= 4 is 17.7 Å². The molecule has 1 fully saturated rings. The van der Waals surface area contributed by atoms with Gasteiger partial charge < -0.3 is 15.3 Å². The molecule has 0 aliphatic heterocycles. The molecular weight excluding hydrogens is 268 g/mol. The first-order valence-electron chi connectivity index (χ1n) is 7.48. The number of carbonyl (C=O) groups is 2. The molecule has 2 amide bonds. The Morgan fingerprint density at radius 2 is 1.95 bits per heavy atom. The van der Waals surface area contributed by atoms with E-state index in [1.54, 1.807) is 0 Å². The lowest BCUT2D eigenvalue weighted by Crippen LogP contribution is -2.40. The molecule has 2 rings (SSSR count). The Bertz CT molecular complexity index is 495. The minimum absolute atomic E-state index is 0.0740. The largest absolute Gasteiger partial charge is 0.480 e. The van der Waals surface area contributed by atoms with Crippen LogP contribution in [0.5, 0.6) is 0 Å². The molecule has 5 heteroatoms. The van der Waals surface area contributed by atoms with E-state index in [0.717, 1.165) is 32.1 Å². The molecule has 0 radical (unpaired) electrons. The van der Waals surface area contributed by atoms with Crippen molar-refractivity contribution in [3.8, 4) is 0 Å². The molecule has 1 saturated carbocycles. The molecule has 0 heterocycles. The Kier molecular flexibility index (Phi) is 5.20. The first-order valence-corrected chi connectivity index (χ1v) is 7.48. The first-order chi connectivity index (χ1) is 10.1. The number of hydrogen-bond donors (Lipinski definition) is 2. The zero-order chi connectivity index (χ0) is 15.2. The third-order valence-corrected chi connectivity index (χ3v) is 3.58. The zero-order valence-electron chi connectivity index (χ0n) is 12.3. The number of anilines is 1. The molecule has 0 unspecified atom stereocenters. The molecule has 0 saturated heterocycles. The smallest absolute Gasteiger partial charge is 0.323 e. The molecule has 1 aromatic rings. The lowest BCUT2D eigenvalue weighted by Gasteiger charge is -2.20. The molecule has 1 aromatic carbocycles. The van der Waals surface area contributed by atoms with Crippen LogP contribution in [0, 0.1) is 0 Å². The van der Waals surface area contributed by atoms with E-state index in [1.807, 2.05) is 24.3 Å². The molecule has 21 heavy (non-hydrogen) atoms. The van der Waals surface area contributed by atoms with Crippen LogP contribution < -0.4 is 5.32 Å². The third-order valence-electron chi connectivity index (χ3n) is 3.58. The SMILES string of the molecule is CCCCc1ccc(NC(=O)N(CC(=O)O)C2CC2)cc1. The maximum Gasteiger partial charge on any atom is 0.323 e. The number of urea groups is 1. The number of carboxylic acid groups (broad SMARTS) is 1. The van der Waals surface area contributed by atoms with Crippen LogP contribution in [0.3, 0.4) is 0 Å². The second kappa shape index (κ2) is 7.11. The van der Waals surface area contributed by atoms with Crippen LogP contribution in [0.2, 0.25) is 0 Å². The highest BCUT2D eigenvalue weighted by Crippen LogP contribution is 2.27. The Labute approximate surface area is 125 Å². The van der Waals surface area contributed by atoms with Gasteiger partial charge >= 0.3 is 12.0 Å². The van der Waals surface area contributed by atoms with Crippen LogP contribution in [0.1, 0.15) is 38.2 Å². The summed E-state index contributed by atoms with van der Waals surface area (Å²) in [4.78, 5) is 24.4. The van der Waals surface area contributed by atoms with Gasteiger partial charge in [0.2, 0.25) is 0 Å². The fraction of sp³-hybridized carbons (Fsp3) is 0.500. The summed E-state index contributed by atoms with van der Waals surface area (Å²) in [6.07, 6.45) is 5.12. The van der Waals surface area contributed by atoms with Gasteiger partial charge in [0.25, 0.3) is 0 Å². The number of aliphatic carboxylic acids is 1. The second-order valence-corrected chi connectivity index (χ2v) is 5.48. The second-order valence-electron chi connectivity index (χ2n) is 5.48. The monoisotopic (exact) mass is 290 g/mol. The van der Waals surface area contributed by atoms with Crippen LogP contribution >= 0.6 is 0 Å². The molecule has 0 atom stereocenters. The van der Waals surface area contributed by atoms with Gasteiger partial charge in [-0.2, -0.15) is 0 Å². The van der Waals surface area contributed by atoms with Crippen molar-refractivity contribution in [2.75, 3.05) is 11.9 Å². The van der Waals surface area contributed by atoms with E-state index in [9.17, 15) is 9.59 Å². The van der Waals surface area contributed by atoms with Gasteiger partial charge in [-0.3, -0.25) is 4.79 Å². The molecule has 1 aliphatic rings. The number of nitrogens with zero attached hydrogens (tertiary/aromatic N) is 1. The van der Waals surface area contributed by atoms with Gasteiger partial charge in [-0.15, -0.1) is 0 Å². The van der Waals surface area contributed by atoms with E-state index in [2.05, 4.69) is 12.2 Å². The fourth-order valence-corrected chi connectivity index (χ4v) is 2.23. The van der Waals surface area contributed by atoms with Gasteiger partial charge in [0.15, 0.2) is 0 Å². The molecule has 0 spiro atoms. The fourth-order valence-electron chi connectivity index (χ4n) is 2.23. The average molecular weight is 290 g/mol. The van der Waals surface area contributed by atoms with Crippen molar-refractivity contribution in [3.63, 3.8) is 0 Å². The van der Waals surface area contributed by atoms with E-state index in [-0.39, 0.29) is 18.6 Å². The number of hydrogen-bond acceptors (Lipinski definition) is 2. The zero-order valence-corrected chi connectivity index (χ0v) is 12.3. The van der Waals surface area contributed by atoms with Crippen molar-refractivity contribution in [1.29, 1.82) is 0 Å². The summed E-state index contributed by atoms with van der Waals surface area (Å²) in [5.41, 5.74) is 1.95. The number of aryl methyl sites for hydroxylation is 1. The summed E-state index contributed by atoms with van der Waals surface area (Å²) in [5, 5.41) is 11.6. The maximum atomic E-state index is 12.1. The van der Waals surface area contributed by atoms with Crippen LogP contribution in [-0.4, -0.2) is 34.6 Å². The van der Waals surface area contributed by atoms with E-state index in [0.29, 0.717) is 5.69 Å². The summed E-state index contributed by atoms with van der Waals surface area (Å²) in [5.74, 6) is -0.980. The number of unbranched alkanes of at least 4 members (excludes halogenated alkanes) is 1. The lowest BCUT2D eigenvalue weighted by atomic mass is 10.1. The predicted molar refractivity (Wildman–Crippen MR) is 81.4 cm³/mol. The summed E-state index contributed by atoms with van der Waals surface area (Å²) in [6, 6.07) is 7.49. The number of amides is 2. The van der Waals surface area contributed by atoms with Crippen LogP contribution in [0.4, 0.5) is 10.5 Å². The lowest BCUT2D eigenvalue weighted by molar-refractivity contribution is -0.137. The van der Waals surface area contributed by atoms with Gasteiger partial charge in [0, 0.05) is 11.7 Å². The standard InChI is InChI=1S/C16H22N2O3/c1-2-3-4-12-5-7-13(8-6-12)17-16(21)18(11-15(19)20)14-9-10-14/h5-8,14H,2-4,9-11H2,1H3,(H,17,21)(H,19,20). The van der Waals surface area contributed by atoms with Crippen molar-refractivity contribution in [1.82, 2.24) is 4.90 Å². The molecule has 2 N–H and O–H groups in total. The average Bonchev–Trinajstić information content (AvgIpc) is 3.28. The van der Waals surface area contributed by atoms with Gasteiger partial charge in [0.05, 0.1) is 0 Å². The Morgan fingerprint density at radius 3 is 2.48 bits per heavy atom. The normalized spacial score (nSPS) is 13.8. The highest BCUT2D eigenvalue weighted by Gasteiger charge is 2.33. The highest BCUT2D eigenvalue weighted by atomic mass is 16.4. The summed E-state index contributed by atoms with van der Waals surface area (Å²) >= 11 is 0. The third kappa shape index (κ3) is 4.77. The quantitative estimate of drug-likeness (QED) is 0.810. The van der Waals surface area contributed by atoms with E-state index < -0.39 is 5.97 Å². The van der Waals surface area contributed by atoms with Crippen molar-refractivity contribution in [3.05, 3.63) is 29.8 Å². The van der Waals surface area contributed by atoms with Crippen molar-refractivity contribution in [2.45, 2.75) is 45.1 Å². The highest BCUT2D eigenvalue weighted by molar-refractivity contribution is 5.91. The molecular formula is C16H22N2O3. The molecule has 5 nitrogen and oxygen atoms in total. The number of carboxylic acids is 1. The van der Waals surface area contributed by atoms with E-state index in [1.165, 1.54) is 10.5 Å². The minimum Gasteiger partial charge on any atom is -0.480 e. The number of nitrogens with one attached hydrogen (secondary N) is 1. The Balaban J connectivity index is 1.92.